The van der Waals surface area contributed by atoms with Crippen LogP contribution in [-0.2, 0) is 4.74 Å². The minimum Gasteiger partial charge on any atom is -0.444 e. The predicted molar refractivity (Wildman–Crippen MR) is 172 cm³/mol. The van der Waals surface area contributed by atoms with E-state index in [1.165, 1.54) is 12.1 Å². The number of nitrogens with one attached hydrogen (secondary N) is 1. The lowest BCUT2D eigenvalue weighted by Crippen LogP contribution is -2.36. The molecule has 0 aliphatic carbocycles. The first-order chi connectivity index (χ1) is 21.6. The summed E-state index contributed by atoms with van der Waals surface area (Å²) in [6.07, 6.45) is 2.89. The van der Waals surface area contributed by atoms with Crippen molar-refractivity contribution in [3.63, 3.8) is 0 Å². The van der Waals surface area contributed by atoms with Gasteiger partial charge in [-0.2, -0.15) is 10.5 Å². The van der Waals surface area contributed by atoms with Crippen molar-refractivity contribution in [3.8, 4) is 12.1 Å². The predicted octanol–water partition coefficient (Wildman–Crippen LogP) is 7.82. The lowest BCUT2D eigenvalue weighted by molar-refractivity contribution is 0.0291. The van der Waals surface area contributed by atoms with Crippen molar-refractivity contribution >= 4 is 45.2 Å². The van der Waals surface area contributed by atoms with Crippen molar-refractivity contribution in [1.82, 2.24) is 14.9 Å². The van der Waals surface area contributed by atoms with E-state index in [2.05, 4.69) is 27.4 Å². The molecule has 3 aromatic carbocycles. The van der Waals surface area contributed by atoms with Gasteiger partial charge in [0.15, 0.2) is 0 Å². The summed E-state index contributed by atoms with van der Waals surface area (Å²) in [5.74, 6) is -0.366. The number of fused-ring (bicyclic) bond motifs is 2. The number of carbonyl (C=O) groups is 1. The van der Waals surface area contributed by atoms with E-state index >= 15 is 0 Å². The number of ether oxygens (including phenoxy) is 1. The van der Waals surface area contributed by atoms with E-state index in [9.17, 15) is 14.4 Å². The smallest absolute Gasteiger partial charge is 0.410 e. The van der Waals surface area contributed by atoms with Crippen LogP contribution in [0.2, 0.25) is 5.02 Å². The highest BCUT2D eigenvalue weighted by Crippen LogP contribution is 2.33. The second kappa shape index (κ2) is 13.2. The zero-order chi connectivity index (χ0) is 32.1. The molecule has 226 valence electrons. The second-order valence-corrected chi connectivity index (χ2v) is 12.0. The molecule has 0 bridgehead atoms. The molecule has 1 amide bonds. The number of likely N-dealkylation sites (tertiary alicyclic amines) is 1. The van der Waals surface area contributed by atoms with Gasteiger partial charge in [0.05, 0.1) is 33.2 Å². The van der Waals surface area contributed by atoms with Crippen LogP contribution in [0.5, 0.6) is 0 Å². The van der Waals surface area contributed by atoms with Gasteiger partial charge in [-0.25, -0.2) is 9.18 Å². The van der Waals surface area contributed by atoms with Crippen molar-refractivity contribution in [3.05, 3.63) is 113 Å². The Labute approximate surface area is 265 Å². The number of pyridine rings is 2. The Kier molecular flexibility index (Phi) is 9.13. The zero-order valence-electron chi connectivity index (χ0n) is 25.0. The number of nitriles is 2. The molecule has 1 N–H and O–H groups in total. The van der Waals surface area contributed by atoms with Crippen LogP contribution >= 0.6 is 11.6 Å². The molecule has 5 aromatic rings. The third kappa shape index (κ3) is 7.12. The van der Waals surface area contributed by atoms with Crippen molar-refractivity contribution in [2.75, 3.05) is 18.4 Å². The van der Waals surface area contributed by atoms with Crippen LogP contribution in [0, 0.1) is 28.5 Å². The monoisotopic (exact) mass is 620 g/mol. The number of hydrogen-bond donors (Lipinski definition) is 1. The SMILES string of the molecule is CC(C)(C)OC(=O)N1CC(Nc2ccnc3c(C#N)cccc23)C(c2ccc(F)cc2)C1.N#Cc1cccc2c(Cl)ccnc12. The van der Waals surface area contributed by atoms with E-state index < -0.39 is 5.60 Å². The summed E-state index contributed by atoms with van der Waals surface area (Å²) in [6, 6.07) is 24.9. The van der Waals surface area contributed by atoms with E-state index in [-0.39, 0.29) is 23.9 Å². The molecule has 0 saturated carbocycles. The highest BCUT2D eigenvalue weighted by atomic mass is 35.5. The fourth-order valence-corrected chi connectivity index (χ4v) is 5.51. The van der Waals surface area contributed by atoms with Crippen LogP contribution in [0.15, 0.2) is 85.2 Å². The number of nitrogens with zero attached hydrogens (tertiary/aromatic N) is 5. The van der Waals surface area contributed by atoms with Gasteiger partial charge in [0.2, 0.25) is 0 Å². The summed E-state index contributed by atoms with van der Waals surface area (Å²) in [4.78, 5) is 22.9. The molecule has 45 heavy (non-hydrogen) atoms. The summed E-state index contributed by atoms with van der Waals surface area (Å²) < 4.78 is 19.1. The lowest BCUT2D eigenvalue weighted by Gasteiger charge is -2.24. The van der Waals surface area contributed by atoms with Crippen LogP contribution in [-0.4, -0.2) is 45.7 Å². The molecule has 1 fully saturated rings. The molecule has 2 aromatic heterocycles. The van der Waals surface area contributed by atoms with Gasteiger partial charge in [-0.15, -0.1) is 0 Å². The Bertz CT molecular complexity index is 1950. The minimum atomic E-state index is -0.594. The first kappa shape index (κ1) is 31.2. The molecule has 1 aliphatic heterocycles. The van der Waals surface area contributed by atoms with Crippen molar-refractivity contribution in [2.24, 2.45) is 0 Å². The van der Waals surface area contributed by atoms with E-state index in [4.69, 9.17) is 21.6 Å². The summed E-state index contributed by atoms with van der Waals surface area (Å²) in [5, 5.41) is 24.0. The first-order valence-corrected chi connectivity index (χ1v) is 14.7. The Morgan fingerprint density at radius 2 is 1.51 bits per heavy atom. The first-order valence-electron chi connectivity index (χ1n) is 14.3. The minimum absolute atomic E-state index is 0.0644. The summed E-state index contributed by atoms with van der Waals surface area (Å²) in [6.45, 7) is 6.39. The van der Waals surface area contributed by atoms with E-state index in [0.717, 1.165) is 22.0 Å². The lowest BCUT2D eigenvalue weighted by atomic mass is 9.94. The Balaban J connectivity index is 0.000000256. The topological polar surface area (TPSA) is 115 Å². The number of amides is 1. The standard InChI is InChI=1S/C25H25FN4O2.C10H5ClN2/c1-25(2,3)32-24(31)30-14-20(16-7-9-18(26)10-8-16)22(15-30)29-21-11-12-28-23-17(13-27)5-4-6-19(21)23;11-9-4-5-13-10-7(6-12)2-1-3-8(9)10/h4-12,20,22H,14-15H2,1-3H3,(H,28,29);1-5H. The van der Waals surface area contributed by atoms with Crippen LogP contribution in [0.1, 0.15) is 43.4 Å². The van der Waals surface area contributed by atoms with Crippen molar-refractivity contribution in [1.29, 1.82) is 10.5 Å². The fourth-order valence-electron chi connectivity index (χ4n) is 5.30. The quantitative estimate of drug-likeness (QED) is 0.219. The van der Waals surface area contributed by atoms with E-state index in [1.807, 2.05) is 45.0 Å². The van der Waals surface area contributed by atoms with Crippen molar-refractivity contribution < 1.29 is 13.9 Å². The number of benzene rings is 3. The normalized spacial score (nSPS) is 15.9. The molecule has 1 aliphatic rings. The molecule has 1 saturated heterocycles. The van der Waals surface area contributed by atoms with Gasteiger partial charge >= 0.3 is 6.09 Å². The number of aromatic nitrogens is 2. The third-order valence-electron chi connectivity index (χ3n) is 7.34. The van der Waals surface area contributed by atoms with Gasteiger partial charge in [0.1, 0.15) is 23.6 Å². The largest absolute Gasteiger partial charge is 0.444 e. The van der Waals surface area contributed by atoms with Crippen LogP contribution < -0.4 is 5.32 Å². The summed E-state index contributed by atoms with van der Waals surface area (Å²) in [5.41, 5.74) is 3.52. The van der Waals surface area contributed by atoms with Gasteiger partial charge < -0.3 is 15.0 Å². The summed E-state index contributed by atoms with van der Waals surface area (Å²) >= 11 is 5.94. The molecule has 0 spiro atoms. The average molecular weight is 621 g/mol. The Hall–Kier alpha value is -5.25. The Morgan fingerprint density at radius 1 is 0.911 bits per heavy atom. The molecular weight excluding hydrogens is 591 g/mol. The maximum absolute atomic E-state index is 13.5. The molecule has 6 rings (SSSR count). The fraction of sp³-hybridized carbons (Fsp3) is 0.229. The molecular formula is C35H30ClFN6O2. The second-order valence-electron chi connectivity index (χ2n) is 11.6. The third-order valence-corrected chi connectivity index (χ3v) is 7.67. The number of hydrogen-bond acceptors (Lipinski definition) is 7. The van der Waals surface area contributed by atoms with Crippen molar-refractivity contribution in [2.45, 2.75) is 38.3 Å². The molecule has 0 radical (unpaired) electrons. The maximum atomic E-state index is 13.5. The molecule has 2 unspecified atom stereocenters. The maximum Gasteiger partial charge on any atom is 0.410 e. The molecule has 10 heteroatoms. The zero-order valence-corrected chi connectivity index (χ0v) is 25.7. The van der Waals surface area contributed by atoms with E-state index in [0.29, 0.717) is 40.3 Å². The van der Waals surface area contributed by atoms with Crippen LogP contribution in [0.25, 0.3) is 21.8 Å². The van der Waals surface area contributed by atoms with Gasteiger partial charge in [-0.1, -0.05) is 48.0 Å². The van der Waals surface area contributed by atoms with Crippen LogP contribution in [0.3, 0.4) is 0 Å². The van der Waals surface area contributed by atoms with Crippen LogP contribution in [0.4, 0.5) is 14.9 Å². The Morgan fingerprint density at radius 3 is 2.13 bits per heavy atom. The number of halogens is 2. The highest BCUT2D eigenvalue weighted by Gasteiger charge is 2.38. The average Bonchev–Trinajstić information content (AvgIpc) is 3.45. The van der Waals surface area contributed by atoms with Gasteiger partial charge in [-0.3, -0.25) is 9.97 Å². The summed E-state index contributed by atoms with van der Waals surface area (Å²) in [7, 11) is 0. The molecule has 2 atom stereocenters. The number of anilines is 1. The highest BCUT2D eigenvalue weighted by molar-refractivity contribution is 6.35. The van der Waals surface area contributed by atoms with Gasteiger partial charge in [0.25, 0.3) is 0 Å². The molecule has 3 heterocycles. The number of para-hydroxylation sites is 2. The van der Waals surface area contributed by atoms with Gasteiger partial charge in [-0.05, 0) is 62.7 Å². The molecule has 8 nitrogen and oxygen atoms in total. The number of rotatable bonds is 3. The van der Waals surface area contributed by atoms with Gasteiger partial charge in [0, 0.05) is 47.9 Å². The number of carbonyl (C=O) groups excluding carboxylic acids is 1. The van der Waals surface area contributed by atoms with E-state index in [1.54, 1.807) is 53.7 Å².